The van der Waals surface area contributed by atoms with Gasteiger partial charge in [0, 0.05) is 17.7 Å². The van der Waals surface area contributed by atoms with Crippen LogP contribution < -0.4 is 5.56 Å². The van der Waals surface area contributed by atoms with Crippen molar-refractivity contribution in [1.82, 2.24) is 20.2 Å². The van der Waals surface area contributed by atoms with Gasteiger partial charge in [0.2, 0.25) is 5.89 Å². The van der Waals surface area contributed by atoms with E-state index in [1.54, 1.807) is 6.07 Å². The summed E-state index contributed by atoms with van der Waals surface area (Å²) < 4.78 is 5.71. The van der Waals surface area contributed by atoms with Gasteiger partial charge in [0.05, 0.1) is 10.9 Å². The lowest BCUT2D eigenvalue weighted by atomic mass is 10.1. The third-order valence-electron chi connectivity index (χ3n) is 3.90. The molecule has 7 heteroatoms. The Hall–Kier alpha value is -2.93. The molecular weight excluding hydrogens is 348 g/mol. The summed E-state index contributed by atoms with van der Waals surface area (Å²) in [5.41, 5.74) is 2.64. The maximum absolute atomic E-state index is 12.1. The highest BCUT2D eigenvalue weighted by atomic mass is 32.2. The van der Waals surface area contributed by atoms with Crippen LogP contribution in [0.5, 0.6) is 0 Å². The first kappa shape index (κ1) is 16.5. The van der Waals surface area contributed by atoms with E-state index in [1.165, 1.54) is 11.8 Å². The molecule has 0 radical (unpaired) electrons. The molecule has 0 atom stereocenters. The van der Waals surface area contributed by atoms with Crippen LogP contribution in [0, 0.1) is 6.92 Å². The summed E-state index contributed by atoms with van der Waals surface area (Å²) in [5, 5.41) is 9.28. The molecule has 0 amide bonds. The van der Waals surface area contributed by atoms with E-state index in [9.17, 15) is 4.79 Å². The van der Waals surface area contributed by atoms with E-state index in [0.29, 0.717) is 40.0 Å². The van der Waals surface area contributed by atoms with Gasteiger partial charge in [-0.3, -0.25) is 4.79 Å². The normalized spacial score (nSPS) is 11.1. The molecule has 0 aliphatic heterocycles. The third-order valence-corrected chi connectivity index (χ3v) is 4.72. The fourth-order valence-corrected chi connectivity index (χ4v) is 3.36. The first-order valence-corrected chi connectivity index (χ1v) is 9.19. The van der Waals surface area contributed by atoms with Crippen LogP contribution in [-0.4, -0.2) is 25.9 Å². The lowest BCUT2D eigenvalue weighted by Crippen LogP contribution is -2.12. The van der Waals surface area contributed by atoms with Gasteiger partial charge in [0.25, 0.3) is 10.8 Å². The number of para-hydroxylation sites is 1. The fourth-order valence-electron chi connectivity index (χ4n) is 2.65. The maximum Gasteiger partial charge on any atom is 0.276 e. The molecule has 0 saturated carbocycles. The van der Waals surface area contributed by atoms with Crippen molar-refractivity contribution < 1.29 is 4.42 Å². The Balaban J connectivity index is 1.43. The van der Waals surface area contributed by atoms with Crippen LogP contribution in [0.15, 0.2) is 63.0 Å². The van der Waals surface area contributed by atoms with Gasteiger partial charge < -0.3 is 9.40 Å². The number of hydrogen-bond acceptors (Lipinski definition) is 6. The number of rotatable bonds is 5. The molecule has 4 rings (SSSR count). The van der Waals surface area contributed by atoms with E-state index in [2.05, 4.69) is 20.2 Å². The van der Waals surface area contributed by atoms with Gasteiger partial charge in [0.15, 0.2) is 0 Å². The number of benzene rings is 2. The Morgan fingerprint density at radius 1 is 1.12 bits per heavy atom. The van der Waals surface area contributed by atoms with Crippen molar-refractivity contribution in [2.45, 2.75) is 18.6 Å². The van der Waals surface area contributed by atoms with Crippen molar-refractivity contribution in [2.24, 2.45) is 0 Å². The number of nitrogens with one attached hydrogen (secondary N) is 1. The number of H-pyrrole nitrogens is 1. The molecule has 2 aromatic heterocycles. The Kier molecular flexibility index (Phi) is 4.53. The zero-order chi connectivity index (χ0) is 17.9. The van der Waals surface area contributed by atoms with Gasteiger partial charge in [-0.05, 0) is 31.2 Å². The summed E-state index contributed by atoms with van der Waals surface area (Å²) >= 11 is 1.44. The highest BCUT2D eigenvalue weighted by Crippen LogP contribution is 2.24. The van der Waals surface area contributed by atoms with E-state index in [-0.39, 0.29) is 5.56 Å². The molecule has 0 spiro atoms. The Morgan fingerprint density at radius 2 is 2.00 bits per heavy atom. The molecule has 4 aromatic rings. The number of aryl methyl sites for hydroxylation is 2. The molecule has 0 aliphatic carbocycles. The van der Waals surface area contributed by atoms with Crippen molar-refractivity contribution in [3.05, 3.63) is 70.3 Å². The summed E-state index contributed by atoms with van der Waals surface area (Å²) in [7, 11) is 0. The van der Waals surface area contributed by atoms with Crippen molar-refractivity contribution in [2.75, 3.05) is 5.75 Å². The minimum Gasteiger partial charge on any atom is -0.411 e. The topological polar surface area (TPSA) is 84.7 Å². The second kappa shape index (κ2) is 7.13. The van der Waals surface area contributed by atoms with Crippen LogP contribution in [-0.2, 0) is 6.42 Å². The Morgan fingerprint density at radius 3 is 2.88 bits per heavy atom. The fraction of sp³-hybridized carbons (Fsp3) is 0.158. The van der Waals surface area contributed by atoms with Crippen molar-refractivity contribution in [1.29, 1.82) is 0 Å². The molecule has 0 fully saturated rings. The van der Waals surface area contributed by atoms with Crippen LogP contribution in [0.4, 0.5) is 0 Å². The molecule has 130 valence electrons. The van der Waals surface area contributed by atoms with Crippen LogP contribution in [0.1, 0.15) is 11.4 Å². The highest BCUT2D eigenvalue weighted by molar-refractivity contribution is 7.99. The van der Waals surface area contributed by atoms with Gasteiger partial charge in [-0.25, -0.2) is 4.98 Å². The van der Waals surface area contributed by atoms with Crippen LogP contribution >= 0.6 is 11.8 Å². The summed E-state index contributed by atoms with van der Waals surface area (Å²) in [5.74, 6) is 1.84. The number of fused-ring (bicyclic) bond motifs is 1. The predicted octanol–water partition coefficient (Wildman–Crippen LogP) is 3.62. The molecule has 0 saturated heterocycles. The zero-order valence-electron chi connectivity index (χ0n) is 14.1. The molecule has 2 heterocycles. The monoisotopic (exact) mass is 364 g/mol. The van der Waals surface area contributed by atoms with E-state index < -0.39 is 0 Å². The average molecular weight is 364 g/mol. The van der Waals surface area contributed by atoms with E-state index in [1.807, 2.05) is 49.4 Å². The molecule has 0 unspecified atom stereocenters. The maximum atomic E-state index is 12.1. The molecule has 0 bridgehead atoms. The summed E-state index contributed by atoms with van der Waals surface area (Å²) in [6, 6.07) is 15.2. The lowest BCUT2D eigenvalue weighted by molar-refractivity contribution is 0.466. The van der Waals surface area contributed by atoms with Gasteiger partial charge in [-0.15, -0.1) is 10.2 Å². The van der Waals surface area contributed by atoms with Gasteiger partial charge in [-0.2, -0.15) is 0 Å². The second-order valence-electron chi connectivity index (χ2n) is 5.87. The molecule has 2 aromatic carbocycles. The second-order valence-corrected chi connectivity index (χ2v) is 6.92. The SMILES string of the molecule is Cc1cccc(-c2nnc(SCCc3nc4ccccc4c(=O)[nH]3)o2)c1. The number of aromatic amines is 1. The quantitative estimate of drug-likeness (QED) is 0.545. The first-order chi connectivity index (χ1) is 12.7. The zero-order valence-corrected chi connectivity index (χ0v) is 14.9. The molecule has 1 N–H and O–H groups in total. The van der Waals surface area contributed by atoms with Crippen molar-refractivity contribution >= 4 is 22.7 Å². The van der Waals surface area contributed by atoms with E-state index in [0.717, 1.165) is 11.1 Å². The summed E-state index contributed by atoms with van der Waals surface area (Å²) in [4.78, 5) is 19.4. The Bertz CT molecular complexity index is 1120. The third kappa shape index (κ3) is 3.52. The summed E-state index contributed by atoms with van der Waals surface area (Å²) in [6.07, 6.45) is 0.604. The van der Waals surface area contributed by atoms with E-state index in [4.69, 9.17) is 4.42 Å². The van der Waals surface area contributed by atoms with Gasteiger partial charge >= 0.3 is 0 Å². The highest BCUT2D eigenvalue weighted by Gasteiger charge is 2.10. The number of nitrogens with zero attached hydrogens (tertiary/aromatic N) is 3. The molecule has 26 heavy (non-hydrogen) atoms. The van der Waals surface area contributed by atoms with Crippen LogP contribution in [0.2, 0.25) is 0 Å². The van der Waals surface area contributed by atoms with Crippen molar-refractivity contribution in [3.63, 3.8) is 0 Å². The number of hydrogen-bond donors (Lipinski definition) is 1. The lowest BCUT2D eigenvalue weighted by Gasteiger charge is -2.01. The predicted molar refractivity (Wildman–Crippen MR) is 101 cm³/mol. The standard InChI is InChI=1S/C19H16N4O2S/c1-12-5-4-6-13(11-12)18-22-23-19(25-18)26-10-9-16-20-15-8-3-2-7-14(15)17(24)21-16/h2-8,11H,9-10H2,1H3,(H,20,21,24). The minimum atomic E-state index is -0.116. The van der Waals surface area contributed by atoms with Crippen LogP contribution in [0.3, 0.4) is 0 Å². The van der Waals surface area contributed by atoms with E-state index >= 15 is 0 Å². The van der Waals surface area contributed by atoms with Gasteiger partial charge in [-0.1, -0.05) is 41.6 Å². The van der Waals surface area contributed by atoms with Gasteiger partial charge in [0.1, 0.15) is 5.82 Å². The smallest absolute Gasteiger partial charge is 0.276 e. The van der Waals surface area contributed by atoms with Crippen molar-refractivity contribution in [3.8, 4) is 11.5 Å². The largest absolute Gasteiger partial charge is 0.411 e. The first-order valence-electron chi connectivity index (χ1n) is 8.20. The number of aromatic nitrogens is 4. The van der Waals surface area contributed by atoms with Crippen LogP contribution in [0.25, 0.3) is 22.4 Å². The molecular formula is C19H16N4O2S. The summed E-state index contributed by atoms with van der Waals surface area (Å²) in [6.45, 7) is 2.02. The minimum absolute atomic E-state index is 0.116. The molecule has 0 aliphatic rings. The molecule has 6 nitrogen and oxygen atoms in total. The number of thioether (sulfide) groups is 1. The average Bonchev–Trinajstić information content (AvgIpc) is 3.11. The Labute approximate surface area is 153 Å².